The van der Waals surface area contributed by atoms with Gasteiger partial charge in [0.25, 0.3) is 10.0 Å². The molecule has 0 aliphatic heterocycles. The van der Waals surface area contributed by atoms with Gasteiger partial charge in [-0.1, -0.05) is 61.9 Å². The molecule has 2 aromatic rings. The van der Waals surface area contributed by atoms with Gasteiger partial charge in [-0.25, -0.2) is 4.83 Å². The van der Waals surface area contributed by atoms with E-state index in [2.05, 4.69) is 23.8 Å². The largest absolute Gasteiger partial charge is 0.276 e. The summed E-state index contributed by atoms with van der Waals surface area (Å²) in [6, 6.07) is 16.7. The molecule has 128 valence electrons. The zero-order valence-corrected chi connectivity index (χ0v) is 15.2. The molecule has 2 rings (SSSR count). The molecule has 1 N–H and O–H groups in total. The summed E-state index contributed by atoms with van der Waals surface area (Å²) in [5.74, 6) is 0.399. The first-order valence-corrected chi connectivity index (χ1v) is 9.53. The van der Waals surface area contributed by atoms with Gasteiger partial charge in [0.2, 0.25) is 0 Å². The van der Waals surface area contributed by atoms with E-state index >= 15 is 0 Å². The molecule has 0 amide bonds. The van der Waals surface area contributed by atoms with Crippen molar-refractivity contribution in [1.82, 2.24) is 4.83 Å². The van der Waals surface area contributed by atoms with Crippen LogP contribution < -0.4 is 4.83 Å². The Morgan fingerprint density at radius 2 is 1.67 bits per heavy atom. The number of aryl methyl sites for hydroxylation is 1. The average molecular weight is 344 g/mol. The van der Waals surface area contributed by atoms with Crippen LogP contribution in [0.25, 0.3) is 0 Å². The van der Waals surface area contributed by atoms with E-state index in [1.165, 1.54) is 0 Å². The SMILES string of the molecule is Cc1ccc(S(=O)(=O)N/N=C(/Cc2ccccc2)CC(C)C)cc1. The molecule has 0 bridgehead atoms. The van der Waals surface area contributed by atoms with E-state index in [0.717, 1.165) is 23.3 Å². The fraction of sp³-hybridized carbons (Fsp3) is 0.316. The predicted molar refractivity (Wildman–Crippen MR) is 98.5 cm³/mol. The fourth-order valence-electron chi connectivity index (χ4n) is 2.35. The third-order valence-corrected chi connectivity index (χ3v) is 4.77. The van der Waals surface area contributed by atoms with E-state index in [-0.39, 0.29) is 4.90 Å². The highest BCUT2D eigenvalue weighted by atomic mass is 32.2. The van der Waals surface area contributed by atoms with Crippen LogP contribution in [0, 0.1) is 12.8 Å². The molecule has 0 radical (unpaired) electrons. The normalized spacial score (nSPS) is 12.4. The quantitative estimate of drug-likeness (QED) is 0.611. The predicted octanol–water partition coefficient (Wildman–Crippen LogP) is 3.92. The molecule has 2 aromatic carbocycles. The third kappa shape index (κ3) is 5.49. The van der Waals surface area contributed by atoms with Crippen LogP contribution in [-0.4, -0.2) is 14.1 Å². The Kier molecular flexibility index (Phi) is 6.15. The van der Waals surface area contributed by atoms with Gasteiger partial charge < -0.3 is 0 Å². The maximum atomic E-state index is 12.4. The number of hydrogen-bond donors (Lipinski definition) is 1. The number of hydrazone groups is 1. The summed E-state index contributed by atoms with van der Waals surface area (Å²) in [6.07, 6.45) is 1.38. The Balaban J connectivity index is 2.18. The highest BCUT2D eigenvalue weighted by Crippen LogP contribution is 2.12. The molecule has 0 spiro atoms. The number of rotatable bonds is 7. The number of sulfonamides is 1. The van der Waals surface area contributed by atoms with Gasteiger partial charge in [-0.15, -0.1) is 0 Å². The zero-order valence-electron chi connectivity index (χ0n) is 14.4. The van der Waals surface area contributed by atoms with Gasteiger partial charge in [0.1, 0.15) is 0 Å². The van der Waals surface area contributed by atoms with Gasteiger partial charge in [0, 0.05) is 12.1 Å². The van der Waals surface area contributed by atoms with Crippen molar-refractivity contribution in [3.05, 3.63) is 65.7 Å². The molecule has 0 fully saturated rings. The maximum Gasteiger partial charge on any atom is 0.276 e. The third-order valence-electron chi connectivity index (χ3n) is 3.55. The van der Waals surface area contributed by atoms with Gasteiger partial charge in [0.05, 0.1) is 4.90 Å². The minimum atomic E-state index is -3.64. The second-order valence-electron chi connectivity index (χ2n) is 6.35. The van der Waals surface area contributed by atoms with Crippen molar-refractivity contribution in [3.8, 4) is 0 Å². The van der Waals surface area contributed by atoms with Crippen molar-refractivity contribution in [1.29, 1.82) is 0 Å². The summed E-state index contributed by atoms with van der Waals surface area (Å²) >= 11 is 0. The van der Waals surface area contributed by atoms with Gasteiger partial charge in [-0.05, 0) is 37.0 Å². The van der Waals surface area contributed by atoms with Crippen LogP contribution in [0.1, 0.15) is 31.4 Å². The Morgan fingerprint density at radius 1 is 1.04 bits per heavy atom. The van der Waals surface area contributed by atoms with Crippen molar-refractivity contribution in [2.24, 2.45) is 11.0 Å². The van der Waals surface area contributed by atoms with E-state index in [9.17, 15) is 8.42 Å². The van der Waals surface area contributed by atoms with Crippen LogP contribution in [0.5, 0.6) is 0 Å². The highest BCUT2D eigenvalue weighted by Gasteiger charge is 2.13. The Bertz CT molecular complexity index is 780. The van der Waals surface area contributed by atoms with Crippen LogP contribution in [0.4, 0.5) is 0 Å². The summed E-state index contributed by atoms with van der Waals surface area (Å²) in [6.45, 7) is 6.10. The molecular formula is C19H24N2O2S. The molecule has 0 saturated carbocycles. The molecular weight excluding hydrogens is 320 g/mol. The summed E-state index contributed by atoms with van der Waals surface area (Å²) in [7, 11) is -3.64. The van der Waals surface area contributed by atoms with Crippen molar-refractivity contribution in [2.45, 2.75) is 38.5 Å². The van der Waals surface area contributed by atoms with Crippen LogP contribution >= 0.6 is 0 Å². The summed E-state index contributed by atoms with van der Waals surface area (Å²) in [5, 5.41) is 4.21. The first-order valence-electron chi connectivity index (χ1n) is 8.04. The standard InChI is InChI=1S/C19H24N2O2S/c1-15(2)13-18(14-17-7-5-4-6-8-17)20-21-24(22,23)19-11-9-16(3)10-12-19/h4-12,15,21H,13-14H2,1-3H3/b20-18+. The molecule has 0 unspecified atom stereocenters. The Hall–Kier alpha value is -2.14. The first-order chi connectivity index (χ1) is 11.4. The van der Waals surface area contributed by atoms with E-state index < -0.39 is 10.0 Å². The minimum absolute atomic E-state index is 0.223. The smallest absolute Gasteiger partial charge is 0.200 e. The molecule has 0 aromatic heterocycles. The zero-order chi connectivity index (χ0) is 17.6. The lowest BCUT2D eigenvalue weighted by Crippen LogP contribution is -2.21. The number of nitrogens with zero attached hydrogens (tertiary/aromatic N) is 1. The lowest BCUT2D eigenvalue weighted by molar-refractivity contribution is 0.583. The summed E-state index contributed by atoms with van der Waals surface area (Å²) < 4.78 is 24.7. The van der Waals surface area contributed by atoms with Crippen molar-refractivity contribution < 1.29 is 8.42 Å². The molecule has 0 heterocycles. The summed E-state index contributed by atoms with van der Waals surface area (Å²) in [4.78, 5) is 2.60. The molecule has 24 heavy (non-hydrogen) atoms. The molecule has 5 heteroatoms. The highest BCUT2D eigenvalue weighted by molar-refractivity contribution is 7.89. The molecule has 0 aliphatic rings. The van der Waals surface area contributed by atoms with Crippen molar-refractivity contribution in [2.75, 3.05) is 0 Å². The maximum absolute atomic E-state index is 12.4. The molecule has 0 saturated heterocycles. The van der Waals surface area contributed by atoms with Crippen LogP contribution in [-0.2, 0) is 16.4 Å². The van der Waals surface area contributed by atoms with E-state index in [1.807, 2.05) is 37.3 Å². The van der Waals surface area contributed by atoms with Crippen molar-refractivity contribution >= 4 is 15.7 Å². The van der Waals surface area contributed by atoms with Crippen LogP contribution in [0.3, 0.4) is 0 Å². The van der Waals surface area contributed by atoms with E-state index in [4.69, 9.17) is 0 Å². The minimum Gasteiger partial charge on any atom is -0.200 e. The van der Waals surface area contributed by atoms with Gasteiger partial charge in [-0.3, -0.25) is 0 Å². The van der Waals surface area contributed by atoms with Gasteiger partial charge >= 0.3 is 0 Å². The van der Waals surface area contributed by atoms with Crippen LogP contribution in [0.15, 0.2) is 64.6 Å². The lowest BCUT2D eigenvalue weighted by atomic mass is 10.0. The van der Waals surface area contributed by atoms with E-state index in [0.29, 0.717) is 12.3 Å². The average Bonchev–Trinajstić information content (AvgIpc) is 2.54. The second kappa shape index (κ2) is 8.11. The fourth-order valence-corrected chi connectivity index (χ4v) is 3.20. The molecule has 0 atom stereocenters. The molecule has 0 aliphatic carbocycles. The Morgan fingerprint density at radius 3 is 2.25 bits per heavy atom. The van der Waals surface area contributed by atoms with Crippen molar-refractivity contribution in [3.63, 3.8) is 0 Å². The number of benzene rings is 2. The van der Waals surface area contributed by atoms with E-state index in [1.54, 1.807) is 24.3 Å². The van der Waals surface area contributed by atoms with Gasteiger partial charge in [0.15, 0.2) is 0 Å². The topological polar surface area (TPSA) is 58.5 Å². The van der Waals surface area contributed by atoms with Gasteiger partial charge in [-0.2, -0.15) is 13.5 Å². The monoisotopic (exact) mass is 344 g/mol. The number of hydrogen-bond acceptors (Lipinski definition) is 3. The Labute approximate surface area is 144 Å². The first kappa shape index (κ1) is 18.2. The summed E-state index contributed by atoms with van der Waals surface area (Å²) in [5.41, 5.74) is 2.96. The second-order valence-corrected chi connectivity index (χ2v) is 8.01. The molecule has 4 nitrogen and oxygen atoms in total. The van der Waals surface area contributed by atoms with Crippen LogP contribution in [0.2, 0.25) is 0 Å². The number of nitrogens with one attached hydrogen (secondary N) is 1. The lowest BCUT2D eigenvalue weighted by Gasteiger charge is -2.11.